The number of hydrogen-bond acceptors (Lipinski definition) is 5. The van der Waals surface area contributed by atoms with Crippen LogP contribution in [0.25, 0.3) is 0 Å². The van der Waals surface area contributed by atoms with Gasteiger partial charge in [0.25, 0.3) is 0 Å². The zero-order valence-electron chi connectivity index (χ0n) is 14.6. The Balaban J connectivity index is 0.00000243. The number of morpholine rings is 1. The largest absolute Gasteiger partial charge is 0.370 e. The van der Waals surface area contributed by atoms with Gasteiger partial charge in [-0.05, 0) is 43.6 Å². The number of ether oxygens (including phenoxy) is 1. The molecule has 0 aliphatic carbocycles. The third-order valence-corrected chi connectivity index (χ3v) is 7.09. The third kappa shape index (κ3) is 4.03. The van der Waals surface area contributed by atoms with E-state index in [1.54, 1.807) is 17.0 Å². The van der Waals surface area contributed by atoms with Crippen molar-refractivity contribution in [3.05, 3.63) is 35.6 Å². The van der Waals surface area contributed by atoms with E-state index < -0.39 is 20.7 Å². The summed E-state index contributed by atoms with van der Waals surface area (Å²) in [5.41, 5.74) is 0.649. The van der Waals surface area contributed by atoms with Gasteiger partial charge in [0.1, 0.15) is 11.9 Å². The second-order valence-electron chi connectivity index (χ2n) is 6.68. The Morgan fingerprint density at radius 2 is 2.04 bits per heavy atom. The van der Waals surface area contributed by atoms with Crippen molar-refractivity contribution in [2.24, 2.45) is 0 Å². The average Bonchev–Trinajstić information content (AvgIpc) is 2.61. The minimum Gasteiger partial charge on any atom is -0.370 e. The molecule has 1 amide bonds. The highest BCUT2D eigenvalue weighted by atomic mass is 35.5. The first kappa shape index (κ1) is 21.1. The molecule has 0 aromatic heterocycles. The fourth-order valence-corrected chi connectivity index (χ4v) is 5.00. The lowest BCUT2D eigenvalue weighted by molar-refractivity contribution is -0.142. The van der Waals surface area contributed by atoms with Crippen molar-refractivity contribution in [1.29, 1.82) is 0 Å². The van der Waals surface area contributed by atoms with Crippen LogP contribution >= 0.6 is 12.4 Å². The first-order valence-electron chi connectivity index (χ1n) is 8.40. The number of halogens is 2. The number of rotatable bonds is 3. The Bertz CT molecular complexity index is 753. The highest BCUT2D eigenvalue weighted by molar-refractivity contribution is 7.92. The van der Waals surface area contributed by atoms with E-state index in [4.69, 9.17) is 4.74 Å². The molecule has 1 N–H and O–H groups in total. The van der Waals surface area contributed by atoms with Gasteiger partial charge in [0, 0.05) is 12.8 Å². The molecule has 1 atom stereocenters. The Kier molecular flexibility index (Phi) is 6.65. The molecule has 6 nitrogen and oxygen atoms in total. The topological polar surface area (TPSA) is 75.7 Å². The molecular formula is C17H24ClFN2O4S. The van der Waals surface area contributed by atoms with Crippen molar-refractivity contribution < 1.29 is 22.3 Å². The molecule has 2 saturated heterocycles. The minimum atomic E-state index is -3.56. The van der Waals surface area contributed by atoms with E-state index in [9.17, 15) is 17.6 Å². The molecule has 146 valence electrons. The van der Waals surface area contributed by atoms with Gasteiger partial charge in [0.05, 0.1) is 13.2 Å². The van der Waals surface area contributed by atoms with E-state index in [1.165, 1.54) is 12.1 Å². The maximum absolute atomic E-state index is 13.5. The molecule has 3 rings (SSSR count). The zero-order chi connectivity index (χ0) is 18.1. The molecule has 2 fully saturated rings. The molecule has 1 aromatic rings. The van der Waals surface area contributed by atoms with Gasteiger partial charge in [0.2, 0.25) is 5.91 Å². The molecule has 0 spiro atoms. The molecule has 2 aliphatic heterocycles. The summed E-state index contributed by atoms with van der Waals surface area (Å²) < 4.78 is 42.6. The molecular weight excluding hydrogens is 383 g/mol. The summed E-state index contributed by atoms with van der Waals surface area (Å²) in [7, 11) is -3.56. The lowest BCUT2D eigenvalue weighted by Gasteiger charge is -2.41. The normalized spacial score (nSPS) is 23.2. The summed E-state index contributed by atoms with van der Waals surface area (Å²) in [6.07, 6.45) is 1.23. The summed E-state index contributed by atoms with van der Waals surface area (Å²) >= 11 is 0. The van der Waals surface area contributed by atoms with Gasteiger partial charge in [0.15, 0.2) is 14.6 Å². The maximum atomic E-state index is 13.5. The number of nitrogens with one attached hydrogen (secondary N) is 1. The number of amides is 1. The summed E-state index contributed by atoms with van der Waals surface area (Å²) in [6, 6.07) is 6.08. The second-order valence-corrected chi connectivity index (χ2v) is 9.01. The van der Waals surface area contributed by atoms with E-state index >= 15 is 0 Å². The van der Waals surface area contributed by atoms with Gasteiger partial charge in [-0.3, -0.25) is 4.79 Å². The lowest BCUT2D eigenvalue weighted by Crippen LogP contribution is -2.60. The predicted octanol–water partition coefficient (Wildman–Crippen LogP) is 1.31. The number of piperidine rings is 1. The van der Waals surface area contributed by atoms with Gasteiger partial charge < -0.3 is 15.0 Å². The Morgan fingerprint density at radius 3 is 2.65 bits per heavy atom. The third-order valence-electron chi connectivity index (χ3n) is 5.08. The zero-order valence-corrected chi connectivity index (χ0v) is 16.2. The van der Waals surface area contributed by atoms with Crippen LogP contribution in [-0.4, -0.2) is 63.0 Å². The molecule has 0 radical (unpaired) electrons. The van der Waals surface area contributed by atoms with Crippen LogP contribution in [-0.2, 0) is 19.4 Å². The highest BCUT2D eigenvalue weighted by Gasteiger charge is 2.51. The van der Waals surface area contributed by atoms with Crippen molar-refractivity contribution in [3.63, 3.8) is 0 Å². The van der Waals surface area contributed by atoms with Crippen LogP contribution in [0.5, 0.6) is 0 Å². The molecule has 0 bridgehead atoms. The summed E-state index contributed by atoms with van der Waals surface area (Å²) in [4.78, 5) is 14.7. The number of sulfone groups is 1. The first-order valence-corrected chi connectivity index (χ1v) is 10.3. The Hall–Kier alpha value is -1.22. The summed E-state index contributed by atoms with van der Waals surface area (Å²) in [5.74, 6) is -0.725. The predicted molar refractivity (Wildman–Crippen MR) is 98.6 cm³/mol. The fraction of sp³-hybridized carbons (Fsp3) is 0.588. The fourth-order valence-electron chi connectivity index (χ4n) is 3.60. The van der Waals surface area contributed by atoms with Crippen molar-refractivity contribution in [2.45, 2.75) is 23.7 Å². The number of benzene rings is 1. The van der Waals surface area contributed by atoms with E-state index in [2.05, 4.69) is 5.32 Å². The number of carbonyl (C=O) groups excluding carboxylic acids is 1. The first-order chi connectivity index (χ1) is 11.8. The quantitative estimate of drug-likeness (QED) is 0.819. The van der Waals surface area contributed by atoms with Gasteiger partial charge >= 0.3 is 0 Å². The molecule has 0 saturated carbocycles. The molecule has 2 aliphatic rings. The lowest BCUT2D eigenvalue weighted by atomic mass is 9.94. The SMILES string of the molecule is CS(=O)(=O)C1(C(=O)N2CCOC(c3cccc(F)c3)C2)CCNCC1.Cl. The van der Waals surface area contributed by atoms with Crippen molar-refractivity contribution in [3.8, 4) is 0 Å². The van der Waals surface area contributed by atoms with E-state index in [-0.39, 0.29) is 43.5 Å². The van der Waals surface area contributed by atoms with E-state index in [0.717, 1.165) is 6.26 Å². The van der Waals surface area contributed by atoms with Gasteiger partial charge in [-0.15, -0.1) is 12.4 Å². The summed E-state index contributed by atoms with van der Waals surface area (Å²) in [5, 5.41) is 3.11. The number of nitrogens with zero attached hydrogens (tertiary/aromatic N) is 1. The van der Waals surface area contributed by atoms with Crippen LogP contribution in [0.2, 0.25) is 0 Å². The van der Waals surface area contributed by atoms with Crippen molar-refractivity contribution in [1.82, 2.24) is 10.2 Å². The van der Waals surface area contributed by atoms with Crippen LogP contribution in [0, 0.1) is 5.82 Å². The molecule has 2 heterocycles. The van der Waals surface area contributed by atoms with E-state index in [0.29, 0.717) is 31.8 Å². The van der Waals surface area contributed by atoms with Crippen molar-refractivity contribution in [2.75, 3.05) is 39.0 Å². The van der Waals surface area contributed by atoms with Crippen LogP contribution in [0.1, 0.15) is 24.5 Å². The summed E-state index contributed by atoms with van der Waals surface area (Å²) in [6.45, 7) is 1.86. The van der Waals surface area contributed by atoms with Gasteiger partial charge in [-0.25, -0.2) is 12.8 Å². The van der Waals surface area contributed by atoms with Crippen LogP contribution in [0.15, 0.2) is 24.3 Å². The van der Waals surface area contributed by atoms with Crippen LogP contribution < -0.4 is 5.32 Å². The maximum Gasteiger partial charge on any atom is 0.244 e. The van der Waals surface area contributed by atoms with Crippen LogP contribution in [0.3, 0.4) is 0 Å². The average molecular weight is 407 g/mol. The smallest absolute Gasteiger partial charge is 0.244 e. The monoisotopic (exact) mass is 406 g/mol. The van der Waals surface area contributed by atoms with Gasteiger partial charge in [-0.2, -0.15) is 0 Å². The van der Waals surface area contributed by atoms with Crippen molar-refractivity contribution >= 4 is 28.2 Å². The Morgan fingerprint density at radius 1 is 1.35 bits per heavy atom. The number of carbonyl (C=O) groups is 1. The standard InChI is InChI=1S/C17H23FN2O4S.ClH/c1-25(22,23)17(5-7-19-8-6-17)16(21)20-9-10-24-15(12-20)13-3-2-4-14(18)11-13;/h2-4,11,15,19H,5-10,12H2,1H3;1H. The van der Waals surface area contributed by atoms with E-state index in [1.807, 2.05) is 0 Å². The molecule has 1 aromatic carbocycles. The molecule has 1 unspecified atom stereocenters. The Labute approximate surface area is 159 Å². The van der Waals surface area contributed by atoms with Gasteiger partial charge in [-0.1, -0.05) is 12.1 Å². The second kappa shape index (κ2) is 8.21. The minimum absolute atomic E-state index is 0. The van der Waals surface area contributed by atoms with Crippen LogP contribution in [0.4, 0.5) is 4.39 Å². The molecule has 9 heteroatoms. The number of hydrogen-bond donors (Lipinski definition) is 1. The highest BCUT2D eigenvalue weighted by Crippen LogP contribution is 2.32. The molecule has 26 heavy (non-hydrogen) atoms.